The third kappa shape index (κ3) is 5.24. The minimum absolute atomic E-state index is 0.0118. The smallest absolute Gasteiger partial charge is 0.272 e. The summed E-state index contributed by atoms with van der Waals surface area (Å²) in [6, 6.07) is -0.361. The summed E-state index contributed by atoms with van der Waals surface area (Å²) < 4.78 is 0. The molecule has 16 nitrogen and oxygen atoms in total. The van der Waals surface area contributed by atoms with Crippen LogP contribution in [0.3, 0.4) is 0 Å². The number of hydrogen-bond donors (Lipinski definition) is 7. The Balaban J connectivity index is 1.38. The molecule has 0 aromatic rings. The van der Waals surface area contributed by atoms with E-state index in [1.54, 1.807) is 6.20 Å². The average Bonchev–Trinajstić information content (AvgIpc) is 3.15. The molecule has 0 saturated carbocycles. The van der Waals surface area contributed by atoms with Gasteiger partial charge in [-0.25, -0.2) is 10.0 Å². The highest BCUT2D eigenvalue weighted by Gasteiger charge is 2.46. The highest BCUT2D eigenvalue weighted by Crippen LogP contribution is 2.28. The van der Waals surface area contributed by atoms with Crippen LogP contribution in [-0.4, -0.2) is 71.1 Å². The maximum Gasteiger partial charge on any atom is 0.272 e. The molecule has 4 aliphatic rings. The molecule has 0 bridgehead atoms. The zero-order valence-corrected chi connectivity index (χ0v) is 19.4. The van der Waals surface area contributed by atoms with Crippen LogP contribution in [0.1, 0.15) is 12.8 Å². The van der Waals surface area contributed by atoms with Gasteiger partial charge in [-0.05, 0) is 25.1 Å². The van der Waals surface area contributed by atoms with Crippen molar-refractivity contribution >= 4 is 29.1 Å². The van der Waals surface area contributed by atoms with Crippen molar-refractivity contribution in [3.63, 3.8) is 0 Å². The summed E-state index contributed by atoms with van der Waals surface area (Å²) in [6.07, 6.45) is 6.85. The molecule has 0 aliphatic carbocycles. The number of dihydropyridines is 1. The molecule has 4 heterocycles. The molecule has 0 radical (unpaired) electrons. The molecule has 188 valence electrons. The molecule has 3 unspecified atom stereocenters. The number of allylic oxidation sites excluding steroid dienone is 2. The maximum absolute atomic E-state index is 13.0. The number of likely N-dealkylation sites (tertiary alicyclic amines) is 1. The molecule has 4 rings (SSSR count). The first-order valence-corrected chi connectivity index (χ1v) is 11.2. The zero-order chi connectivity index (χ0) is 25.0. The van der Waals surface area contributed by atoms with Gasteiger partial charge in [-0.2, -0.15) is 0 Å². The van der Waals surface area contributed by atoms with E-state index in [1.807, 2.05) is 23.1 Å². The van der Waals surface area contributed by atoms with Crippen molar-refractivity contribution < 1.29 is 9.59 Å². The first-order valence-electron chi connectivity index (χ1n) is 10.8. The van der Waals surface area contributed by atoms with Gasteiger partial charge in [0.2, 0.25) is 5.91 Å². The van der Waals surface area contributed by atoms with Crippen LogP contribution >= 0.6 is 11.6 Å². The molecule has 2 saturated heterocycles. The zero-order valence-electron chi connectivity index (χ0n) is 18.6. The van der Waals surface area contributed by atoms with Gasteiger partial charge < -0.3 is 32.5 Å². The molecule has 3 atom stereocenters. The summed E-state index contributed by atoms with van der Waals surface area (Å²) in [5.41, 5.74) is -0.465. The predicted molar refractivity (Wildman–Crippen MR) is 125 cm³/mol. The first-order chi connectivity index (χ1) is 16.9. The topological polar surface area (TPSA) is 229 Å². The first kappa shape index (κ1) is 24.5. The van der Waals surface area contributed by atoms with Crippen molar-refractivity contribution in [2.75, 3.05) is 19.6 Å². The molecular formula is C18H27ClN14O2. The Hall–Kier alpha value is -3.60. The average molecular weight is 507 g/mol. The molecule has 2 fully saturated rings. The molecule has 1 spiro atoms. The summed E-state index contributed by atoms with van der Waals surface area (Å²) in [5.74, 6) is 15.9. The monoisotopic (exact) mass is 506 g/mol. The van der Waals surface area contributed by atoms with Crippen LogP contribution < -0.4 is 38.8 Å². The Labute approximate surface area is 205 Å². The SMILES string of the molecule is NN=NC1=C(Cl)N=C(C(=O)NC2NC3(CCN(C(=O)C4C=CC=CN4)CC3)CN2N)C(N=NN)N1. The highest BCUT2D eigenvalue weighted by atomic mass is 35.5. The van der Waals surface area contributed by atoms with Crippen LogP contribution in [0.15, 0.2) is 61.1 Å². The quantitative estimate of drug-likeness (QED) is 0.0940. The van der Waals surface area contributed by atoms with Crippen molar-refractivity contribution in [2.45, 2.75) is 36.9 Å². The molecule has 10 N–H and O–H groups in total. The van der Waals surface area contributed by atoms with Crippen molar-refractivity contribution in [3.05, 3.63) is 35.4 Å². The van der Waals surface area contributed by atoms with E-state index in [2.05, 4.69) is 46.9 Å². The van der Waals surface area contributed by atoms with Crippen molar-refractivity contribution in [1.82, 2.24) is 31.2 Å². The number of nitrogens with zero attached hydrogens (tertiary/aromatic N) is 7. The Morgan fingerprint density at radius 3 is 2.66 bits per heavy atom. The normalized spacial score (nSPS) is 28.5. The van der Waals surface area contributed by atoms with Gasteiger partial charge in [-0.1, -0.05) is 34.2 Å². The van der Waals surface area contributed by atoms with Gasteiger partial charge in [-0.15, -0.1) is 10.2 Å². The van der Waals surface area contributed by atoms with Gasteiger partial charge in [0.25, 0.3) is 5.91 Å². The van der Waals surface area contributed by atoms with Crippen LogP contribution in [0.25, 0.3) is 0 Å². The van der Waals surface area contributed by atoms with Gasteiger partial charge in [0.05, 0.1) is 0 Å². The molecular weight excluding hydrogens is 480 g/mol. The van der Waals surface area contributed by atoms with E-state index in [9.17, 15) is 9.59 Å². The number of hydrogen-bond acceptors (Lipinski definition) is 12. The second-order valence-corrected chi connectivity index (χ2v) is 8.67. The third-order valence-corrected chi connectivity index (χ3v) is 6.40. The second kappa shape index (κ2) is 10.3. The number of piperidine rings is 1. The number of rotatable bonds is 5. The fourth-order valence-corrected chi connectivity index (χ4v) is 4.54. The molecule has 0 aromatic carbocycles. The second-order valence-electron chi connectivity index (χ2n) is 8.32. The molecule has 0 aromatic heterocycles. The van der Waals surface area contributed by atoms with E-state index in [-0.39, 0.29) is 34.2 Å². The predicted octanol–water partition coefficient (Wildman–Crippen LogP) is -2.04. The standard InChI is InChI=1S/C18H27ClN14O2/c19-12-14(29-31-21)25-13(28-30-20)11(24-12)15(34)26-17-27-18(9-33(17)22)4-7-32(8-5-18)16(35)10-3-1-2-6-23-10/h1-3,6,10,13,17,23,25,27H,4-5,7-9,22H2,(H2,20,28)(H2,21,29)(H,26,34). The van der Waals surface area contributed by atoms with Crippen LogP contribution in [0.4, 0.5) is 0 Å². The third-order valence-electron chi connectivity index (χ3n) is 6.13. The van der Waals surface area contributed by atoms with E-state index in [0.29, 0.717) is 32.5 Å². The van der Waals surface area contributed by atoms with E-state index >= 15 is 0 Å². The van der Waals surface area contributed by atoms with Gasteiger partial charge >= 0.3 is 0 Å². The number of nitrogens with two attached hydrogens (primary N) is 3. The van der Waals surface area contributed by atoms with Gasteiger partial charge in [0.1, 0.15) is 12.3 Å². The number of aliphatic imine (C=N–C) groups is 1. The number of carbonyl (C=O) groups is 2. The Morgan fingerprint density at radius 2 is 2.00 bits per heavy atom. The summed E-state index contributed by atoms with van der Waals surface area (Å²) >= 11 is 6.06. The molecule has 35 heavy (non-hydrogen) atoms. The lowest BCUT2D eigenvalue weighted by molar-refractivity contribution is -0.133. The lowest BCUT2D eigenvalue weighted by atomic mass is 9.88. The van der Waals surface area contributed by atoms with E-state index in [0.717, 1.165) is 0 Å². The minimum atomic E-state index is -1.06. The van der Waals surface area contributed by atoms with Crippen molar-refractivity contribution in [1.29, 1.82) is 0 Å². The molecule has 17 heteroatoms. The van der Waals surface area contributed by atoms with E-state index in [1.165, 1.54) is 5.01 Å². The number of nitrogens with one attached hydrogen (secondary N) is 4. The van der Waals surface area contributed by atoms with E-state index in [4.69, 9.17) is 29.1 Å². The molecule has 4 aliphatic heterocycles. The van der Waals surface area contributed by atoms with Gasteiger partial charge in [-0.3, -0.25) is 20.7 Å². The fraction of sp³-hybridized carbons (Fsp3) is 0.500. The Kier molecular flexibility index (Phi) is 7.25. The fourth-order valence-electron chi connectivity index (χ4n) is 4.36. The van der Waals surface area contributed by atoms with Crippen molar-refractivity contribution in [3.8, 4) is 0 Å². The number of carbonyl (C=O) groups excluding carboxylic acids is 2. The lowest BCUT2D eigenvalue weighted by Gasteiger charge is -2.40. The van der Waals surface area contributed by atoms with Gasteiger partial charge in [0, 0.05) is 25.2 Å². The van der Waals surface area contributed by atoms with Crippen LogP contribution in [0.2, 0.25) is 0 Å². The highest BCUT2D eigenvalue weighted by molar-refractivity contribution is 6.43. The molecule has 2 amide bonds. The van der Waals surface area contributed by atoms with Gasteiger partial charge in [0.15, 0.2) is 22.9 Å². The summed E-state index contributed by atoms with van der Waals surface area (Å²) in [5, 5.41) is 27.0. The Morgan fingerprint density at radius 1 is 1.23 bits per heavy atom. The van der Waals surface area contributed by atoms with E-state index < -0.39 is 18.4 Å². The summed E-state index contributed by atoms with van der Waals surface area (Å²) in [7, 11) is 0. The van der Waals surface area contributed by atoms with Crippen LogP contribution in [0.5, 0.6) is 0 Å². The summed E-state index contributed by atoms with van der Waals surface area (Å²) in [4.78, 5) is 31.6. The number of amides is 2. The number of halogens is 1. The number of hydrazine groups is 1. The Bertz CT molecular complexity index is 1030. The largest absolute Gasteiger partial charge is 0.377 e. The maximum atomic E-state index is 13.0. The van der Waals surface area contributed by atoms with Crippen LogP contribution in [-0.2, 0) is 9.59 Å². The van der Waals surface area contributed by atoms with Crippen molar-refractivity contribution in [2.24, 2.45) is 43.2 Å². The lowest BCUT2D eigenvalue weighted by Crippen LogP contribution is -2.60. The summed E-state index contributed by atoms with van der Waals surface area (Å²) in [6.45, 7) is 1.59. The van der Waals surface area contributed by atoms with Crippen LogP contribution in [0, 0.1) is 0 Å². The minimum Gasteiger partial charge on any atom is -0.377 e.